The van der Waals surface area contributed by atoms with Crippen LogP contribution in [0.4, 0.5) is 0 Å². The number of amides is 1. The molecular formula is C11H16N6OS. The van der Waals surface area contributed by atoms with Crippen molar-refractivity contribution in [1.82, 2.24) is 24.5 Å². The molecule has 0 spiro atoms. The van der Waals surface area contributed by atoms with Crippen molar-refractivity contribution in [2.24, 2.45) is 5.73 Å². The quantitative estimate of drug-likeness (QED) is 0.775. The van der Waals surface area contributed by atoms with Gasteiger partial charge in [-0.3, -0.25) is 9.48 Å². The van der Waals surface area contributed by atoms with Gasteiger partial charge < -0.3 is 10.3 Å². The van der Waals surface area contributed by atoms with Gasteiger partial charge in [-0.2, -0.15) is 5.10 Å². The Kier molecular flexibility index (Phi) is 4.20. The fraction of sp³-hybridized carbons (Fsp3) is 0.455. The predicted molar refractivity (Wildman–Crippen MR) is 71.7 cm³/mol. The molecule has 0 atom stereocenters. The third-order valence-electron chi connectivity index (χ3n) is 2.67. The number of hydrogen-bond acceptors (Lipinski definition) is 5. The number of carbonyl (C=O) groups excluding carboxylic acids is 1. The summed E-state index contributed by atoms with van der Waals surface area (Å²) in [6.45, 7) is 5.31. The highest BCUT2D eigenvalue weighted by Crippen LogP contribution is 2.17. The first kappa shape index (κ1) is 13.6. The van der Waals surface area contributed by atoms with Crippen LogP contribution in [0, 0.1) is 6.92 Å². The predicted octanol–water partition coefficient (Wildman–Crippen LogP) is 0.429. The molecule has 0 aliphatic heterocycles. The molecule has 0 aliphatic rings. The highest BCUT2D eigenvalue weighted by Gasteiger charge is 2.13. The summed E-state index contributed by atoms with van der Waals surface area (Å²) in [7, 11) is 0. The molecule has 2 aromatic rings. The zero-order valence-corrected chi connectivity index (χ0v) is 11.7. The molecule has 0 saturated carbocycles. The Labute approximate surface area is 115 Å². The number of aryl methyl sites for hydroxylation is 1. The highest BCUT2D eigenvalue weighted by molar-refractivity contribution is 7.99. The van der Waals surface area contributed by atoms with Gasteiger partial charge in [-0.05, 0) is 19.9 Å². The molecule has 102 valence electrons. The first-order valence-corrected chi connectivity index (χ1v) is 6.92. The number of aromatic nitrogens is 5. The van der Waals surface area contributed by atoms with Crippen molar-refractivity contribution in [3.63, 3.8) is 0 Å². The van der Waals surface area contributed by atoms with E-state index in [1.807, 2.05) is 29.2 Å². The van der Waals surface area contributed by atoms with Crippen LogP contribution in [0.15, 0.2) is 17.4 Å². The second-order valence-electron chi connectivity index (χ2n) is 4.03. The number of rotatable bonds is 6. The largest absolute Gasteiger partial charge is 0.369 e. The van der Waals surface area contributed by atoms with Crippen molar-refractivity contribution < 1.29 is 4.79 Å². The van der Waals surface area contributed by atoms with E-state index in [0.717, 1.165) is 18.1 Å². The van der Waals surface area contributed by atoms with Gasteiger partial charge in [-0.1, -0.05) is 11.8 Å². The standard InChI is InChI=1S/C11H16N6OS/c1-3-16-10(6-17-8(2)4-5-13-17)14-15-11(16)19-7-9(12)18/h4-5H,3,6-7H2,1-2H3,(H2,12,18). The Morgan fingerprint density at radius 3 is 2.84 bits per heavy atom. The van der Waals surface area contributed by atoms with Crippen molar-refractivity contribution >= 4 is 17.7 Å². The number of hydrogen-bond donors (Lipinski definition) is 1. The van der Waals surface area contributed by atoms with Crippen molar-refractivity contribution in [2.45, 2.75) is 32.1 Å². The monoisotopic (exact) mass is 280 g/mol. The number of primary amides is 1. The lowest BCUT2D eigenvalue weighted by Crippen LogP contribution is -2.14. The van der Waals surface area contributed by atoms with Crippen molar-refractivity contribution in [1.29, 1.82) is 0 Å². The molecule has 8 heteroatoms. The van der Waals surface area contributed by atoms with E-state index in [1.54, 1.807) is 6.20 Å². The topological polar surface area (TPSA) is 91.6 Å². The maximum absolute atomic E-state index is 10.8. The van der Waals surface area contributed by atoms with Crippen LogP contribution < -0.4 is 5.73 Å². The van der Waals surface area contributed by atoms with Crippen LogP contribution in [0.1, 0.15) is 18.4 Å². The summed E-state index contributed by atoms with van der Waals surface area (Å²) in [5, 5.41) is 13.2. The Morgan fingerprint density at radius 1 is 1.47 bits per heavy atom. The van der Waals surface area contributed by atoms with E-state index in [-0.39, 0.29) is 11.7 Å². The molecule has 19 heavy (non-hydrogen) atoms. The highest BCUT2D eigenvalue weighted by atomic mass is 32.2. The molecule has 2 heterocycles. The molecule has 2 N–H and O–H groups in total. The molecule has 2 aromatic heterocycles. The van der Waals surface area contributed by atoms with Gasteiger partial charge in [0.15, 0.2) is 11.0 Å². The van der Waals surface area contributed by atoms with Gasteiger partial charge in [-0.25, -0.2) is 0 Å². The maximum Gasteiger partial charge on any atom is 0.227 e. The molecule has 0 fully saturated rings. The molecule has 0 saturated heterocycles. The van der Waals surface area contributed by atoms with E-state index >= 15 is 0 Å². The summed E-state index contributed by atoms with van der Waals surface area (Å²) >= 11 is 1.30. The van der Waals surface area contributed by atoms with E-state index in [1.165, 1.54) is 11.8 Å². The zero-order valence-electron chi connectivity index (χ0n) is 10.9. The van der Waals surface area contributed by atoms with E-state index in [0.29, 0.717) is 11.7 Å². The van der Waals surface area contributed by atoms with Crippen molar-refractivity contribution in [3.05, 3.63) is 23.8 Å². The Hall–Kier alpha value is -1.83. The van der Waals surface area contributed by atoms with Crippen LogP contribution in [0.5, 0.6) is 0 Å². The van der Waals surface area contributed by atoms with E-state index < -0.39 is 0 Å². The number of nitrogens with two attached hydrogens (primary N) is 1. The van der Waals surface area contributed by atoms with Gasteiger partial charge in [0.2, 0.25) is 5.91 Å². The fourth-order valence-corrected chi connectivity index (χ4v) is 2.45. The smallest absolute Gasteiger partial charge is 0.227 e. The van der Waals surface area contributed by atoms with Crippen molar-refractivity contribution in [3.8, 4) is 0 Å². The normalized spacial score (nSPS) is 10.8. The lowest BCUT2D eigenvalue weighted by atomic mass is 10.4. The number of nitrogens with zero attached hydrogens (tertiary/aromatic N) is 5. The van der Waals surface area contributed by atoms with Crippen LogP contribution >= 0.6 is 11.8 Å². The second-order valence-corrected chi connectivity index (χ2v) is 4.97. The summed E-state index contributed by atoms with van der Waals surface area (Å²) in [6.07, 6.45) is 1.75. The average Bonchev–Trinajstić information content (AvgIpc) is 2.94. The van der Waals surface area contributed by atoms with Gasteiger partial charge in [0, 0.05) is 18.4 Å². The summed E-state index contributed by atoms with van der Waals surface area (Å²) in [4.78, 5) is 10.8. The number of thioether (sulfide) groups is 1. The molecule has 0 aliphatic carbocycles. The molecule has 0 bridgehead atoms. The van der Waals surface area contributed by atoms with E-state index in [2.05, 4.69) is 15.3 Å². The zero-order chi connectivity index (χ0) is 13.8. The van der Waals surface area contributed by atoms with Gasteiger partial charge >= 0.3 is 0 Å². The lowest BCUT2D eigenvalue weighted by molar-refractivity contribution is -0.115. The average molecular weight is 280 g/mol. The first-order chi connectivity index (χ1) is 9.11. The molecule has 0 aromatic carbocycles. The molecular weight excluding hydrogens is 264 g/mol. The summed E-state index contributed by atoms with van der Waals surface area (Å²) in [5.41, 5.74) is 6.20. The fourth-order valence-electron chi connectivity index (χ4n) is 1.69. The van der Waals surface area contributed by atoms with Gasteiger partial charge in [0.1, 0.15) is 6.54 Å². The third-order valence-corrected chi connectivity index (χ3v) is 3.66. The third kappa shape index (κ3) is 3.14. The van der Waals surface area contributed by atoms with Gasteiger partial charge in [0.05, 0.1) is 5.75 Å². The van der Waals surface area contributed by atoms with E-state index in [9.17, 15) is 4.79 Å². The second kappa shape index (κ2) is 5.87. The van der Waals surface area contributed by atoms with Crippen LogP contribution in [-0.4, -0.2) is 36.2 Å². The Balaban J connectivity index is 2.17. The van der Waals surface area contributed by atoms with Crippen LogP contribution in [0.3, 0.4) is 0 Å². The molecule has 2 rings (SSSR count). The van der Waals surface area contributed by atoms with Crippen molar-refractivity contribution in [2.75, 3.05) is 5.75 Å². The minimum absolute atomic E-state index is 0.207. The Bertz CT molecular complexity index is 576. The summed E-state index contributed by atoms with van der Waals surface area (Å²) < 4.78 is 3.83. The first-order valence-electron chi connectivity index (χ1n) is 5.93. The van der Waals surface area contributed by atoms with Gasteiger partial charge in [0.25, 0.3) is 0 Å². The SMILES string of the molecule is CCn1c(Cn2nccc2C)nnc1SCC(N)=O. The minimum Gasteiger partial charge on any atom is -0.369 e. The Morgan fingerprint density at radius 2 is 2.26 bits per heavy atom. The summed E-state index contributed by atoms with van der Waals surface area (Å²) in [5.74, 6) is 0.667. The molecule has 0 unspecified atom stereocenters. The van der Waals surface area contributed by atoms with E-state index in [4.69, 9.17) is 5.73 Å². The lowest BCUT2D eigenvalue weighted by Gasteiger charge is -2.07. The van der Waals surface area contributed by atoms with Gasteiger partial charge in [-0.15, -0.1) is 10.2 Å². The van der Waals surface area contributed by atoms with Crippen LogP contribution in [0.25, 0.3) is 0 Å². The maximum atomic E-state index is 10.8. The molecule has 7 nitrogen and oxygen atoms in total. The molecule has 1 amide bonds. The minimum atomic E-state index is -0.361. The molecule has 0 radical (unpaired) electrons. The number of carbonyl (C=O) groups is 1. The van der Waals surface area contributed by atoms with Crippen LogP contribution in [-0.2, 0) is 17.9 Å². The van der Waals surface area contributed by atoms with Crippen LogP contribution in [0.2, 0.25) is 0 Å². The summed E-state index contributed by atoms with van der Waals surface area (Å²) in [6, 6.07) is 1.94.